The standard InChI is InChI=1S/C12H15ClF3N3O2/c1-3-7-6(4-5-21-7)17-11(20)9-8(13)10(12(14,15)16)19(2)18-9/h6-7H,3-5H2,1-2H3,(H,17,20)/t6-,7+/m1/s1. The van der Waals surface area contributed by atoms with Gasteiger partial charge in [0.25, 0.3) is 5.91 Å². The molecule has 1 aliphatic rings. The Morgan fingerprint density at radius 3 is 2.76 bits per heavy atom. The van der Waals surface area contributed by atoms with E-state index in [-0.39, 0.29) is 12.1 Å². The maximum atomic E-state index is 12.8. The molecule has 5 nitrogen and oxygen atoms in total. The highest BCUT2D eigenvalue weighted by atomic mass is 35.5. The Morgan fingerprint density at radius 2 is 2.24 bits per heavy atom. The number of amides is 1. The number of hydrogen-bond donors (Lipinski definition) is 1. The molecule has 0 radical (unpaired) electrons. The third kappa shape index (κ3) is 3.16. The van der Waals surface area contributed by atoms with Crippen LogP contribution in [0.25, 0.3) is 0 Å². The molecule has 0 aromatic carbocycles. The van der Waals surface area contributed by atoms with E-state index in [1.54, 1.807) is 0 Å². The number of aromatic nitrogens is 2. The van der Waals surface area contributed by atoms with Crippen LogP contribution in [-0.2, 0) is 18.0 Å². The monoisotopic (exact) mass is 325 g/mol. The van der Waals surface area contributed by atoms with Crippen LogP contribution in [0.4, 0.5) is 13.2 Å². The molecule has 9 heteroatoms. The topological polar surface area (TPSA) is 56.1 Å². The molecule has 2 heterocycles. The molecule has 1 saturated heterocycles. The summed E-state index contributed by atoms with van der Waals surface area (Å²) >= 11 is 5.67. The van der Waals surface area contributed by atoms with Crippen molar-refractivity contribution in [2.75, 3.05) is 6.61 Å². The summed E-state index contributed by atoms with van der Waals surface area (Å²) in [5.41, 5.74) is -1.56. The van der Waals surface area contributed by atoms with Gasteiger partial charge in [0.2, 0.25) is 0 Å². The molecule has 0 bridgehead atoms. The van der Waals surface area contributed by atoms with Crippen molar-refractivity contribution in [1.29, 1.82) is 0 Å². The molecule has 0 unspecified atom stereocenters. The van der Waals surface area contributed by atoms with Gasteiger partial charge in [-0.05, 0) is 12.8 Å². The second-order valence-corrected chi connectivity index (χ2v) is 5.20. The highest BCUT2D eigenvalue weighted by Gasteiger charge is 2.40. The third-order valence-electron chi connectivity index (χ3n) is 3.40. The van der Waals surface area contributed by atoms with Gasteiger partial charge in [0, 0.05) is 13.7 Å². The van der Waals surface area contributed by atoms with Gasteiger partial charge in [-0.2, -0.15) is 18.3 Å². The Balaban J connectivity index is 2.21. The van der Waals surface area contributed by atoms with Crippen molar-refractivity contribution in [1.82, 2.24) is 15.1 Å². The number of nitrogens with one attached hydrogen (secondary N) is 1. The van der Waals surface area contributed by atoms with Crippen molar-refractivity contribution in [3.63, 3.8) is 0 Å². The summed E-state index contributed by atoms with van der Waals surface area (Å²) in [7, 11) is 1.10. The van der Waals surface area contributed by atoms with E-state index in [4.69, 9.17) is 16.3 Å². The molecule has 1 aliphatic heterocycles. The van der Waals surface area contributed by atoms with Gasteiger partial charge in [-0.15, -0.1) is 0 Å². The lowest BCUT2D eigenvalue weighted by atomic mass is 10.1. The number of nitrogens with zero attached hydrogens (tertiary/aromatic N) is 2. The summed E-state index contributed by atoms with van der Waals surface area (Å²) in [5.74, 6) is -0.722. The van der Waals surface area contributed by atoms with E-state index in [9.17, 15) is 18.0 Å². The second-order valence-electron chi connectivity index (χ2n) is 4.82. The van der Waals surface area contributed by atoms with Crippen LogP contribution < -0.4 is 5.32 Å². The van der Waals surface area contributed by atoms with E-state index in [1.807, 2.05) is 6.92 Å². The maximum absolute atomic E-state index is 12.8. The second kappa shape index (κ2) is 5.84. The van der Waals surface area contributed by atoms with E-state index < -0.39 is 28.5 Å². The number of halogens is 4. The van der Waals surface area contributed by atoms with E-state index >= 15 is 0 Å². The minimum atomic E-state index is -4.67. The fourth-order valence-electron chi connectivity index (χ4n) is 2.40. The molecule has 0 spiro atoms. The SMILES string of the molecule is CC[C@@H]1OCC[C@H]1NC(=O)c1nn(C)c(C(F)(F)F)c1Cl. The highest BCUT2D eigenvalue weighted by Crippen LogP contribution is 2.36. The predicted octanol–water partition coefficient (Wildman–Crippen LogP) is 2.39. The van der Waals surface area contributed by atoms with E-state index in [0.29, 0.717) is 24.1 Å². The maximum Gasteiger partial charge on any atom is 0.434 e. The van der Waals surface area contributed by atoms with Gasteiger partial charge < -0.3 is 10.1 Å². The normalized spacial score (nSPS) is 22.6. The van der Waals surface area contributed by atoms with Crippen LogP contribution in [0.1, 0.15) is 35.9 Å². The summed E-state index contributed by atoms with van der Waals surface area (Å²) < 4.78 is 44.4. The van der Waals surface area contributed by atoms with Crippen LogP contribution >= 0.6 is 11.6 Å². The van der Waals surface area contributed by atoms with Gasteiger partial charge in [0.15, 0.2) is 11.4 Å². The van der Waals surface area contributed by atoms with E-state index in [0.717, 1.165) is 7.05 Å². The predicted molar refractivity (Wildman–Crippen MR) is 69.1 cm³/mol. The van der Waals surface area contributed by atoms with Gasteiger partial charge >= 0.3 is 6.18 Å². The minimum absolute atomic E-state index is 0.140. The molecular weight excluding hydrogens is 311 g/mol. The van der Waals surface area contributed by atoms with Crippen molar-refractivity contribution >= 4 is 17.5 Å². The van der Waals surface area contributed by atoms with Crippen LogP contribution in [0.15, 0.2) is 0 Å². The lowest BCUT2D eigenvalue weighted by Crippen LogP contribution is -2.40. The largest absolute Gasteiger partial charge is 0.434 e. The number of ether oxygens (including phenoxy) is 1. The number of carbonyl (C=O) groups is 1. The van der Waals surface area contributed by atoms with Gasteiger partial charge in [-0.1, -0.05) is 18.5 Å². The molecule has 21 heavy (non-hydrogen) atoms. The van der Waals surface area contributed by atoms with Crippen molar-refractivity contribution in [3.8, 4) is 0 Å². The summed E-state index contributed by atoms with van der Waals surface area (Å²) in [5, 5.41) is 5.53. The summed E-state index contributed by atoms with van der Waals surface area (Å²) in [6.45, 7) is 2.41. The molecule has 1 amide bonds. The lowest BCUT2D eigenvalue weighted by molar-refractivity contribution is -0.143. The van der Waals surface area contributed by atoms with Gasteiger partial charge in [-0.25, -0.2) is 0 Å². The van der Waals surface area contributed by atoms with Crippen molar-refractivity contribution in [3.05, 3.63) is 16.4 Å². The molecule has 1 fully saturated rings. The van der Waals surface area contributed by atoms with Gasteiger partial charge in [-0.3, -0.25) is 9.48 Å². The van der Waals surface area contributed by atoms with Gasteiger partial charge in [0.05, 0.1) is 12.1 Å². The van der Waals surface area contributed by atoms with Crippen molar-refractivity contribution in [2.24, 2.45) is 7.05 Å². The third-order valence-corrected chi connectivity index (χ3v) is 3.76. The van der Waals surface area contributed by atoms with Crippen molar-refractivity contribution < 1.29 is 22.7 Å². The lowest BCUT2D eigenvalue weighted by Gasteiger charge is -2.17. The highest BCUT2D eigenvalue weighted by molar-refractivity contribution is 6.34. The van der Waals surface area contributed by atoms with E-state index in [2.05, 4.69) is 10.4 Å². The summed E-state index contributed by atoms with van der Waals surface area (Å²) in [6.07, 6.45) is -3.49. The first-order valence-electron chi connectivity index (χ1n) is 6.47. The fourth-order valence-corrected chi connectivity index (χ4v) is 2.76. The zero-order valence-electron chi connectivity index (χ0n) is 11.5. The molecule has 118 valence electrons. The van der Waals surface area contributed by atoms with Crippen LogP contribution in [0.2, 0.25) is 5.02 Å². The summed E-state index contributed by atoms with van der Waals surface area (Å²) in [6, 6.07) is -0.241. The van der Waals surface area contributed by atoms with Crippen LogP contribution in [0.5, 0.6) is 0 Å². The molecule has 2 atom stereocenters. The average molecular weight is 326 g/mol. The Kier molecular flexibility index (Phi) is 4.48. The number of carbonyl (C=O) groups excluding carboxylic acids is 1. The summed E-state index contributed by atoms with van der Waals surface area (Å²) in [4.78, 5) is 12.1. The number of rotatable bonds is 3. The Morgan fingerprint density at radius 1 is 1.57 bits per heavy atom. The Hall–Kier alpha value is -1.28. The molecular formula is C12H15ClF3N3O2. The first-order valence-corrected chi connectivity index (χ1v) is 6.85. The molecule has 0 aliphatic carbocycles. The number of alkyl halides is 3. The van der Waals surface area contributed by atoms with Gasteiger partial charge in [0.1, 0.15) is 5.02 Å². The first kappa shape index (κ1) is 16.1. The molecule has 1 aromatic rings. The Bertz CT molecular complexity index is 545. The minimum Gasteiger partial charge on any atom is -0.376 e. The Labute approximate surface area is 124 Å². The quantitative estimate of drug-likeness (QED) is 0.928. The van der Waals surface area contributed by atoms with Crippen LogP contribution in [-0.4, -0.2) is 34.4 Å². The zero-order valence-corrected chi connectivity index (χ0v) is 12.3. The molecule has 1 aromatic heterocycles. The smallest absolute Gasteiger partial charge is 0.376 e. The van der Waals surface area contributed by atoms with Crippen LogP contribution in [0.3, 0.4) is 0 Å². The van der Waals surface area contributed by atoms with E-state index in [1.165, 1.54) is 0 Å². The zero-order chi connectivity index (χ0) is 15.8. The van der Waals surface area contributed by atoms with Crippen molar-refractivity contribution in [2.45, 2.75) is 38.1 Å². The molecule has 1 N–H and O–H groups in total. The number of aryl methyl sites for hydroxylation is 1. The van der Waals surface area contributed by atoms with Crippen LogP contribution in [0, 0.1) is 0 Å². The molecule has 2 rings (SSSR count). The number of hydrogen-bond acceptors (Lipinski definition) is 3. The average Bonchev–Trinajstić information content (AvgIpc) is 2.92. The molecule has 0 saturated carbocycles. The fraction of sp³-hybridized carbons (Fsp3) is 0.667. The first-order chi connectivity index (χ1) is 9.75.